The smallest absolute Gasteiger partial charge is 0.165 e. The highest BCUT2D eigenvalue weighted by Gasteiger charge is 2.10. The molecule has 0 aliphatic rings. The molecule has 3 rings (SSSR count). The Balaban J connectivity index is 2.04. The first kappa shape index (κ1) is 11.4. The fourth-order valence-corrected chi connectivity index (χ4v) is 1.89. The van der Waals surface area contributed by atoms with Crippen molar-refractivity contribution in [3.8, 4) is 0 Å². The van der Waals surface area contributed by atoms with Gasteiger partial charge in [-0.1, -0.05) is 6.07 Å². The van der Waals surface area contributed by atoms with Gasteiger partial charge in [-0.3, -0.25) is 0 Å². The molecule has 0 spiro atoms. The Morgan fingerprint density at radius 1 is 1.16 bits per heavy atom. The van der Waals surface area contributed by atoms with E-state index in [1.807, 2.05) is 0 Å². The number of nitrogen functional groups attached to an aromatic ring is 2. The van der Waals surface area contributed by atoms with Crippen LogP contribution in [0.5, 0.6) is 0 Å². The quantitative estimate of drug-likeness (QED) is 0.673. The predicted molar refractivity (Wildman–Crippen MR) is 69.6 cm³/mol. The fraction of sp³-hybridized carbons (Fsp3) is 0.0833. The molecule has 7 heteroatoms. The van der Waals surface area contributed by atoms with Gasteiger partial charge in [0.05, 0.1) is 12.9 Å². The summed E-state index contributed by atoms with van der Waals surface area (Å²) in [6.07, 6.45) is 2.92. The third-order valence-corrected chi connectivity index (χ3v) is 2.85. The number of hydrogen-bond donors (Lipinski definition) is 2. The van der Waals surface area contributed by atoms with E-state index < -0.39 is 0 Å². The van der Waals surface area contributed by atoms with Crippen molar-refractivity contribution < 1.29 is 4.39 Å². The van der Waals surface area contributed by atoms with Gasteiger partial charge >= 0.3 is 0 Å². The summed E-state index contributed by atoms with van der Waals surface area (Å²) < 4.78 is 15.5. The molecule has 0 atom stereocenters. The second kappa shape index (κ2) is 4.20. The molecule has 0 saturated heterocycles. The Kier molecular flexibility index (Phi) is 2.52. The average molecular weight is 258 g/mol. The minimum absolute atomic E-state index is 0.305. The van der Waals surface area contributed by atoms with Crippen LogP contribution in [0.1, 0.15) is 5.56 Å². The van der Waals surface area contributed by atoms with Crippen molar-refractivity contribution in [2.75, 3.05) is 11.5 Å². The molecule has 1 aromatic carbocycles. The SMILES string of the molecule is Nc1ccc(Cn2cnc3c(N)ncnc32)c(F)c1. The number of rotatable bonds is 2. The first-order valence-electron chi connectivity index (χ1n) is 5.60. The van der Waals surface area contributed by atoms with E-state index in [0.717, 1.165) is 0 Å². The number of anilines is 2. The molecule has 3 aromatic rings. The van der Waals surface area contributed by atoms with Crippen LogP contribution in [-0.4, -0.2) is 19.5 Å². The molecule has 4 N–H and O–H groups in total. The molecule has 0 aliphatic carbocycles. The number of imidazole rings is 1. The average Bonchev–Trinajstić information content (AvgIpc) is 2.78. The van der Waals surface area contributed by atoms with Crippen molar-refractivity contribution in [1.82, 2.24) is 19.5 Å². The summed E-state index contributed by atoms with van der Waals surface area (Å²) in [6, 6.07) is 4.58. The highest BCUT2D eigenvalue weighted by atomic mass is 19.1. The van der Waals surface area contributed by atoms with E-state index >= 15 is 0 Å². The van der Waals surface area contributed by atoms with Crippen molar-refractivity contribution in [3.63, 3.8) is 0 Å². The second-order valence-corrected chi connectivity index (χ2v) is 4.15. The van der Waals surface area contributed by atoms with Crippen molar-refractivity contribution in [2.45, 2.75) is 6.54 Å². The lowest BCUT2D eigenvalue weighted by molar-refractivity contribution is 0.601. The van der Waals surface area contributed by atoms with E-state index in [9.17, 15) is 4.39 Å². The molecular formula is C12H11FN6. The van der Waals surface area contributed by atoms with Crippen LogP contribution in [0, 0.1) is 5.82 Å². The largest absolute Gasteiger partial charge is 0.399 e. The predicted octanol–water partition coefficient (Wildman–Crippen LogP) is 1.18. The molecule has 6 nitrogen and oxygen atoms in total. The number of hydrogen-bond acceptors (Lipinski definition) is 5. The Morgan fingerprint density at radius 3 is 2.79 bits per heavy atom. The third-order valence-electron chi connectivity index (χ3n) is 2.85. The number of benzene rings is 1. The molecule has 0 saturated carbocycles. The third kappa shape index (κ3) is 1.95. The molecular weight excluding hydrogens is 247 g/mol. The van der Waals surface area contributed by atoms with E-state index in [1.165, 1.54) is 12.4 Å². The van der Waals surface area contributed by atoms with E-state index in [4.69, 9.17) is 11.5 Å². The van der Waals surface area contributed by atoms with Crippen LogP contribution >= 0.6 is 0 Å². The minimum Gasteiger partial charge on any atom is -0.399 e. The Bertz CT molecular complexity index is 751. The van der Waals surface area contributed by atoms with Gasteiger partial charge in [0.15, 0.2) is 11.5 Å². The van der Waals surface area contributed by atoms with Crippen LogP contribution in [0.15, 0.2) is 30.9 Å². The van der Waals surface area contributed by atoms with Crippen molar-refractivity contribution in [1.29, 1.82) is 0 Å². The molecule has 0 radical (unpaired) electrons. The Labute approximate surface area is 107 Å². The summed E-state index contributed by atoms with van der Waals surface area (Å²) in [5.74, 6) is -0.0505. The molecule has 0 bridgehead atoms. The molecule has 0 fully saturated rings. The van der Waals surface area contributed by atoms with Crippen LogP contribution in [-0.2, 0) is 6.54 Å². The van der Waals surface area contributed by atoms with Gasteiger partial charge in [0, 0.05) is 11.3 Å². The van der Waals surface area contributed by atoms with Crippen molar-refractivity contribution in [2.24, 2.45) is 0 Å². The summed E-state index contributed by atoms with van der Waals surface area (Å²) in [4.78, 5) is 12.1. The number of halogens is 1. The van der Waals surface area contributed by atoms with Gasteiger partial charge in [-0.05, 0) is 12.1 Å². The molecule has 0 amide bonds. The van der Waals surface area contributed by atoms with Gasteiger partial charge in [0.1, 0.15) is 17.7 Å². The Morgan fingerprint density at radius 2 is 2.00 bits per heavy atom. The van der Waals surface area contributed by atoms with Gasteiger partial charge < -0.3 is 16.0 Å². The standard InChI is InChI=1S/C12H11FN6/c13-9-3-8(14)2-1-7(9)4-19-6-18-10-11(15)16-5-17-12(10)19/h1-3,5-6H,4,14H2,(H2,15,16,17). The highest BCUT2D eigenvalue weighted by molar-refractivity contribution is 5.81. The van der Waals surface area contributed by atoms with Crippen LogP contribution in [0.3, 0.4) is 0 Å². The molecule has 96 valence electrons. The topological polar surface area (TPSA) is 95.6 Å². The minimum atomic E-state index is -0.358. The molecule has 0 unspecified atom stereocenters. The van der Waals surface area contributed by atoms with Gasteiger partial charge in [0.2, 0.25) is 0 Å². The lowest BCUT2D eigenvalue weighted by Gasteiger charge is -2.06. The zero-order valence-electron chi connectivity index (χ0n) is 9.92. The van der Waals surface area contributed by atoms with Crippen molar-refractivity contribution in [3.05, 3.63) is 42.2 Å². The van der Waals surface area contributed by atoms with Gasteiger partial charge in [-0.15, -0.1) is 0 Å². The number of nitrogens with zero attached hydrogens (tertiary/aromatic N) is 4. The zero-order valence-corrected chi connectivity index (χ0v) is 9.92. The normalized spacial score (nSPS) is 11.0. The first-order chi connectivity index (χ1) is 9.15. The van der Waals surface area contributed by atoms with Crippen LogP contribution in [0.25, 0.3) is 11.2 Å². The maximum absolute atomic E-state index is 13.8. The second-order valence-electron chi connectivity index (χ2n) is 4.15. The zero-order chi connectivity index (χ0) is 13.4. The fourth-order valence-electron chi connectivity index (χ4n) is 1.89. The van der Waals surface area contributed by atoms with E-state index in [1.54, 1.807) is 23.0 Å². The van der Waals surface area contributed by atoms with E-state index in [0.29, 0.717) is 34.8 Å². The molecule has 0 aliphatic heterocycles. The molecule has 2 aromatic heterocycles. The summed E-state index contributed by atoms with van der Waals surface area (Å²) in [6.45, 7) is 0.305. The number of fused-ring (bicyclic) bond motifs is 1. The van der Waals surface area contributed by atoms with Gasteiger partial charge in [-0.2, -0.15) is 0 Å². The van der Waals surface area contributed by atoms with Crippen molar-refractivity contribution >= 4 is 22.7 Å². The monoisotopic (exact) mass is 258 g/mol. The molecule has 2 heterocycles. The summed E-state index contributed by atoms with van der Waals surface area (Å²) in [7, 11) is 0. The lowest BCUT2D eigenvalue weighted by atomic mass is 10.2. The molecule has 19 heavy (non-hydrogen) atoms. The lowest BCUT2D eigenvalue weighted by Crippen LogP contribution is -2.03. The first-order valence-corrected chi connectivity index (χ1v) is 5.60. The van der Waals surface area contributed by atoms with Gasteiger partial charge in [0.25, 0.3) is 0 Å². The summed E-state index contributed by atoms with van der Waals surface area (Å²) in [5, 5.41) is 0. The van der Waals surface area contributed by atoms with Crippen LogP contribution in [0.2, 0.25) is 0 Å². The van der Waals surface area contributed by atoms with E-state index in [2.05, 4.69) is 15.0 Å². The Hall–Kier alpha value is -2.70. The highest BCUT2D eigenvalue weighted by Crippen LogP contribution is 2.18. The van der Waals surface area contributed by atoms with Crippen LogP contribution in [0.4, 0.5) is 15.9 Å². The number of aromatic nitrogens is 4. The van der Waals surface area contributed by atoms with Gasteiger partial charge in [-0.25, -0.2) is 19.3 Å². The summed E-state index contributed by atoms with van der Waals surface area (Å²) >= 11 is 0. The van der Waals surface area contributed by atoms with E-state index in [-0.39, 0.29) is 5.82 Å². The summed E-state index contributed by atoms with van der Waals surface area (Å²) in [5.41, 5.74) is 13.2. The van der Waals surface area contributed by atoms with Crippen LogP contribution < -0.4 is 11.5 Å². The maximum Gasteiger partial charge on any atom is 0.165 e. The maximum atomic E-state index is 13.8. The number of nitrogens with two attached hydrogens (primary N) is 2.